The molecule has 1 heterocycles. The largest absolute Gasteiger partial charge is 0.378 e. The third-order valence-electron chi connectivity index (χ3n) is 3.36. The SMILES string of the molecule is Cc1cc([N+](=O)[O-])ccc1S(=O)(=O)N1CCOC[C@@H]1C(N)=O. The maximum absolute atomic E-state index is 12.7. The number of nitro groups is 1. The summed E-state index contributed by atoms with van der Waals surface area (Å²) in [4.78, 5) is 21.4. The Morgan fingerprint density at radius 1 is 1.50 bits per heavy atom. The second-order valence-corrected chi connectivity index (χ2v) is 6.67. The summed E-state index contributed by atoms with van der Waals surface area (Å²) in [6.45, 7) is 1.49. The molecule has 0 aromatic heterocycles. The summed E-state index contributed by atoms with van der Waals surface area (Å²) >= 11 is 0. The van der Waals surface area contributed by atoms with Crippen LogP contribution in [0, 0.1) is 17.0 Å². The normalized spacial score (nSPS) is 19.8. The molecule has 0 saturated carbocycles. The summed E-state index contributed by atoms with van der Waals surface area (Å²) in [7, 11) is -4.00. The van der Waals surface area contributed by atoms with Gasteiger partial charge in [-0.25, -0.2) is 8.42 Å². The van der Waals surface area contributed by atoms with Crippen molar-refractivity contribution in [1.29, 1.82) is 0 Å². The number of amides is 1. The third kappa shape index (κ3) is 2.93. The molecule has 10 heteroatoms. The first-order valence-corrected chi connectivity index (χ1v) is 7.83. The second kappa shape index (κ2) is 5.99. The quantitative estimate of drug-likeness (QED) is 0.599. The Kier molecular flexibility index (Phi) is 4.44. The molecule has 1 saturated heterocycles. The number of sulfonamides is 1. The smallest absolute Gasteiger partial charge is 0.269 e. The Morgan fingerprint density at radius 2 is 2.18 bits per heavy atom. The monoisotopic (exact) mass is 329 g/mol. The fourth-order valence-electron chi connectivity index (χ4n) is 2.26. The van der Waals surface area contributed by atoms with Crippen LogP contribution in [0.1, 0.15) is 5.56 Å². The van der Waals surface area contributed by atoms with Crippen LogP contribution < -0.4 is 5.73 Å². The summed E-state index contributed by atoms with van der Waals surface area (Å²) in [5, 5.41) is 10.7. The lowest BCUT2D eigenvalue weighted by Crippen LogP contribution is -2.54. The van der Waals surface area contributed by atoms with Gasteiger partial charge < -0.3 is 10.5 Å². The molecule has 22 heavy (non-hydrogen) atoms. The van der Waals surface area contributed by atoms with Crippen molar-refractivity contribution in [3.8, 4) is 0 Å². The van der Waals surface area contributed by atoms with Gasteiger partial charge in [-0.15, -0.1) is 0 Å². The molecular weight excluding hydrogens is 314 g/mol. The topological polar surface area (TPSA) is 133 Å². The first kappa shape index (κ1) is 16.3. The van der Waals surface area contributed by atoms with Crippen molar-refractivity contribution in [3.05, 3.63) is 33.9 Å². The van der Waals surface area contributed by atoms with Gasteiger partial charge in [0.15, 0.2) is 0 Å². The van der Waals surface area contributed by atoms with Crippen LogP contribution in [0.5, 0.6) is 0 Å². The van der Waals surface area contributed by atoms with Crippen molar-refractivity contribution in [2.45, 2.75) is 17.9 Å². The molecule has 120 valence electrons. The van der Waals surface area contributed by atoms with Crippen molar-refractivity contribution < 1.29 is 22.9 Å². The Hall–Kier alpha value is -2.04. The molecular formula is C12H15N3O6S. The number of ether oxygens (including phenoxy) is 1. The van der Waals surface area contributed by atoms with Crippen molar-refractivity contribution in [2.24, 2.45) is 5.73 Å². The molecule has 0 unspecified atom stereocenters. The van der Waals surface area contributed by atoms with Crippen molar-refractivity contribution in [3.63, 3.8) is 0 Å². The molecule has 9 nitrogen and oxygen atoms in total. The minimum Gasteiger partial charge on any atom is -0.378 e. The van der Waals surface area contributed by atoms with Gasteiger partial charge in [0.2, 0.25) is 15.9 Å². The van der Waals surface area contributed by atoms with E-state index < -0.39 is 26.9 Å². The zero-order valence-corrected chi connectivity index (χ0v) is 12.6. The molecule has 1 aromatic carbocycles. The van der Waals surface area contributed by atoms with Crippen LogP contribution in [0.3, 0.4) is 0 Å². The highest BCUT2D eigenvalue weighted by molar-refractivity contribution is 7.89. The average molecular weight is 329 g/mol. The van der Waals surface area contributed by atoms with E-state index in [4.69, 9.17) is 10.5 Å². The van der Waals surface area contributed by atoms with Crippen molar-refractivity contribution in [1.82, 2.24) is 4.31 Å². The molecule has 1 atom stereocenters. The third-order valence-corrected chi connectivity index (χ3v) is 5.43. The molecule has 1 aliphatic rings. The zero-order chi connectivity index (χ0) is 16.5. The molecule has 1 fully saturated rings. The number of non-ortho nitro benzene ring substituents is 1. The highest BCUT2D eigenvalue weighted by Crippen LogP contribution is 2.26. The van der Waals surface area contributed by atoms with Gasteiger partial charge in [-0.2, -0.15) is 4.31 Å². The molecule has 1 aromatic rings. The number of nitrogens with two attached hydrogens (primary N) is 1. The van der Waals surface area contributed by atoms with Gasteiger partial charge in [0, 0.05) is 18.7 Å². The Balaban J connectivity index is 2.45. The fourth-order valence-corrected chi connectivity index (χ4v) is 4.04. The number of hydrogen-bond acceptors (Lipinski definition) is 6. The molecule has 2 N–H and O–H groups in total. The lowest BCUT2D eigenvalue weighted by Gasteiger charge is -2.32. The van der Waals surface area contributed by atoms with E-state index in [1.807, 2.05) is 0 Å². The van der Waals surface area contributed by atoms with E-state index >= 15 is 0 Å². The maximum Gasteiger partial charge on any atom is 0.269 e. The molecule has 0 spiro atoms. The Morgan fingerprint density at radius 3 is 2.73 bits per heavy atom. The molecule has 0 bridgehead atoms. The van der Waals surface area contributed by atoms with Crippen molar-refractivity contribution >= 4 is 21.6 Å². The number of carbonyl (C=O) groups excluding carboxylic acids is 1. The van der Waals surface area contributed by atoms with Gasteiger partial charge in [0.05, 0.1) is 23.0 Å². The molecule has 1 aliphatic heterocycles. The van der Waals surface area contributed by atoms with Gasteiger partial charge in [0.1, 0.15) is 6.04 Å². The van der Waals surface area contributed by atoms with Gasteiger partial charge in [-0.3, -0.25) is 14.9 Å². The number of aryl methyl sites for hydroxylation is 1. The van der Waals surface area contributed by atoms with Gasteiger partial charge in [-0.05, 0) is 18.6 Å². The minimum atomic E-state index is -4.00. The summed E-state index contributed by atoms with van der Waals surface area (Å²) in [5.41, 5.74) is 5.24. The van der Waals surface area contributed by atoms with Gasteiger partial charge >= 0.3 is 0 Å². The lowest BCUT2D eigenvalue weighted by molar-refractivity contribution is -0.385. The number of carbonyl (C=O) groups is 1. The van der Waals surface area contributed by atoms with E-state index in [0.29, 0.717) is 0 Å². The summed E-state index contributed by atoms with van der Waals surface area (Å²) in [6, 6.07) is 2.36. The summed E-state index contributed by atoms with van der Waals surface area (Å²) < 4.78 is 31.5. The zero-order valence-electron chi connectivity index (χ0n) is 11.8. The first-order valence-electron chi connectivity index (χ1n) is 6.39. The summed E-state index contributed by atoms with van der Waals surface area (Å²) in [5.74, 6) is -0.803. The Labute approximate surface area is 126 Å². The number of hydrogen-bond donors (Lipinski definition) is 1. The van der Waals surface area contributed by atoms with E-state index in [1.165, 1.54) is 13.0 Å². The Bertz CT molecular complexity index is 718. The van der Waals surface area contributed by atoms with Crippen LogP contribution in [-0.4, -0.2) is 49.4 Å². The lowest BCUT2D eigenvalue weighted by atomic mass is 10.2. The standard InChI is InChI=1S/C12H15N3O6S/c1-8-6-9(15(17)18)2-3-11(8)22(19,20)14-4-5-21-7-10(14)12(13)16/h2-3,6,10H,4-5,7H2,1H3,(H2,13,16)/t10-/m1/s1. The van der Waals surface area contributed by atoms with Crippen LogP contribution in [0.25, 0.3) is 0 Å². The average Bonchev–Trinajstić information content (AvgIpc) is 2.46. The van der Waals surface area contributed by atoms with Crippen LogP contribution in [0.15, 0.2) is 23.1 Å². The number of morpholine rings is 1. The maximum atomic E-state index is 12.7. The highest BCUT2D eigenvalue weighted by Gasteiger charge is 2.38. The van der Waals surface area contributed by atoms with Crippen LogP contribution >= 0.6 is 0 Å². The van der Waals surface area contributed by atoms with E-state index in [2.05, 4.69) is 0 Å². The molecule has 0 aliphatic carbocycles. The summed E-state index contributed by atoms with van der Waals surface area (Å²) in [6.07, 6.45) is 0. The minimum absolute atomic E-state index is 0.00757. The number of nitrogens with zero attached hydrogens (tertiary/aromatic N) is 2. The van der Waals surface area contributed by atoms with Gasteiger partial charge in [0.25, 0.3) is 5.69 Å². The number of nitro benzene ring substituents is 1. The van der Waals surface area contributed by atoms with Crippen LogP contribution in [0.4, 0.5) is 5.69 Å². The molecule has 0 radical (unpaired) electrons. The predicted octanol–water partition coefficient (Wildman–Crippen LogP) is -0.222. The number of rotatable bonds is 4. The number of benzene rings is 1. The van der Waals surface area contributed by atoms with E-state index in [9.17, 15) is 23.3 Å². The number of primary amides is 1. The van der Waals surface area contributed by atoms with E-state index in [0.717, 1.165) is 16.4 Å². The van der Waals surface area contributed by atoms with E-state index in [-0.39, 0.29) is 35.9 Å². The molecule has 2 rings (SSSR count). The van der Waals surface area contributed by atoms with Crippen molar-refractivity contribution in [2.75, 3.05) is 19.8 Å². The van der Waals surface area contributed by atoms with Gasteiger partial charge in [-0.1, -0.05) is 0 Å². The van der Waals surface area contributed by atoms with Crippen LogP contribution in [-0.2, 0) is 19.6 Å². The highest BCUT2D eigenvalue weighted by atomic mass is 32.2. The van der Waals surface area contributed by atoms with Crippen LogP contribution in [0.2, 0.25) is 0 Å². The predicted molar refractivity (Wildman–Crippen MR) is 75.5 cm³/mol. The van der Waals surface area contributed by atoms with E-state index in [1.54, 1.807) is 0 Å². The molecule has 1 amide bonds. The first-order chi connectivity index (χ1) is 10.2. The second-order valence-electron chi connectivity index (χ2n) is 4.82. The fraction of sp³-hybridized carbons (Fsp3) is 0.417.